The predicted octanol–water partition coefficient (Wildman–Crippen LogP) is 4.12. The van der Waals surface area contributed by atoms with Crippen LogP contribution in [0.1, 0.15) is 18.5 Å². The van der Waals surface area contributed by atoms with Crippen molar-refractivity contribution in [1.82, 2.24) is 4.90 Å². The summed E-state index contributed by atoms with van der Waals surface area (Å²) in [5.41, 5.74) is -0.294. The first kappa shape index (κ1) is 19.3. The average Bonchev–Trinajstić information content (AvgIpc) is 2.60. The van der Waals surface area contributed by atoms with E-state index in [1.54, 1.807) is 31.2 Å². The van der Waals surface area contributed by atoms with Gasteiger partial charge in [-0.05, 0) is 23.8 Å². The van der Waals surface area contributed by atoms with E-state index in [4.69, 9.17) is 16.3 Å². The lowest BCUT2D eigenvalue weighted by Crippen LogP contribution is -2.47. The third kappa shape index (κ3) is 3.53. The molecule has 27 heavy (non-hydrogen) atoms. The number of allylic oxidation sites excluding steroid dienone is 2. The number of aliphatic imine (C=N–C) groups is 1. The van der Waals surface area contributed by atoms with Crippen molar-refractivity contribution in [3.05, 3.63) is 52.7 Å². The molecule has 2 aliphatic rings. The molecule has 0 aliphatic carbocycles. The number of carboxylic acid groups (broad SMARTS) is 1. The van der Waals surface area contributed by atoms with Crippen LogP contribution in [0.4, 0.5) is 13.2 Å². The highest BCUT2D eigenvalue weighted by atomic mass is 35.5. The van der Waals surface area contributed by atoms with Crippen molar-refractivity contribution in [3.8, 4) is 5.75 Å². The molecule has 3 unspecified atom stereocenters. The molecule has 2 heterocycles. The summed E-state index contributed by atoms with van der Waals surface area (Å²) >= 11 is 6.04. The Labute approximate surface area is 158 Å². The van der Waals surface area contributed by atoms with E-state index in [1.807, 2.05) is 0 Å². The van der Waals surface area contributed by atoms with Gasteiger partial charge in [0.1, 0.15) is 11.6 Å². The number of hydrogen-bond donors (Lipinski definition) is 1. The first-order valence-corrected chi connectivity index (χ1v) is 8.40. The summed E-state index contributed by atoms with van der Waals surface area (Å²) in [5.74, 6) is -1.18. The van der Waals surface area contributed by atoms with Crippen LogP contribution in [0.15, 0.2) is 52.1 Å². The molecule has 2 aliphatic heterocycles. The van der Waals surface area contributed by atoms with E-state index >= 15 is 0 Å². The van der Waals surface area contributed by atoms with Gasteiger partial charge in [0.25, 0.3) is 0 Å². The van der Waals surface area contributed by atoms with E-state index in [2.05, 4.69) is 4.99 Å². The Hall–Kier alpha value is -2.48. The molecule has 1 aromatic rings. The smallest absolute Gasteiger partial charge is 0.417 e. The van der Waals surface area contributed by atoms with Gasteiger partial charge in [0.2, 0.25) is 0 Å². The number of fused-ring (bicyclic) bond motifs is 1. The number of nitrogens with zero attached hydrogens (tertiary/aromatic N) is 2. The number of rotatable bonds is 3. The fourth-order valence-corrected chi connectivity index (χ4v) is 3.55. The first-order valence-electron chi connectivity index (χ1n) is 8.03. The number of aliphatic carboxylic acids is 1. The highest BCUT2D eigenvalue weighted by molar-refractivity contribution is 6.43. The topological polar surface area (TPSA) is 62.1 Å². The molecule has 1 aromatic carbocycles. The predicted molar refractivity (Wildman–Crippen MR) is 93.7 cm³/mol. The third-order valence-electron chi connectivity index (χ3n) is 4.61. The second-order valence-corrected chi connectivity index (χ2v) is 6.70. The monoisotopic (exact) mass is 400 g/mol. The summed E-state index contributed by atoms with van der Waals surface area (Å²) in [7, 11) is 1.50. The quantitative estimate of drug-likeness (QED) is 0.829. The number of alkyl halides is 3. The summed E-state index contributed by atoms with van der Waals surface area (Å²) in [6, 6.07) is 4.89. The molecule has 0 amide bonds. The van der Waals surface area contributed by atoms with E-state index in [0.29, 0.717) is 11.3 Å². The van der Waals surface area contributed by atoms with Gasteiger partial charge in [0.05, 0.1) is 23.8 Å². The molecule has 0 fully saturated rings. The number of halogens is 4. The molecule has 0 spiro atoms. The zero-order valence-corrected chi connectivity index (χ0v) is 15.1. The number of methoxy groups -OCH3 is 1. The maximum atomic E-state index is 13.3. The fraction of sp³-hybridized carbons (Fsp3) is 0.333. The second kappa shape index (κ2) is 6.92. The molecule has 0 aromatic heterocycles. The van der Waals surface area contributed by atoms with Gasteiger partial charge in [-0.1, -0.05) is 30.7 Å². The van der Waals surface area contributed by atoms with E-state index in [0.717, 1.165) is 12.3 Å². The van der Waals surface area contributed by atoms with Gasteiger partial charge in [-0.15, -0.1) is 0 Å². The molecule has 5 nitrogen and oxygen atoms in total. The molecule has 0 saturated carbocycles. The molecule has 3 rings (SSSR count). The standard InChI is InChI=1S/C18H16ClF3N2O3/c1-9-14(17(25)26)23-16-13(19)7-11(18(20,21)22)8-24(16)15(9)10-3-5-12(27-2)6-4-10/h3-9,14-15H,1-2H3,(H,25,26). The van der Waals surface area contributed by atoms with Crippen LogP contribution in [0.3, 0.4) is 0 Å². The lowest BCUT2D eigenvalue weighted by molar-refractivity contribution is -0.140. The molecule has 144 valence electrons. The Morgan fingerprint density at radius 3 is 2.44 bits per heavy atom. The van der Waals surface area contributed by atoms with Crippen LogP contribution in [0, 0.1) is 5.92 Å². The number of benzene rings is 1. The Morgan fingerprint density at radius 1 is 1.30 bits per heavy atom. The van der Waals surface area contributed by atoms with Crippen molar-refractivity contribution in [2.75, 3.05) is 7.11 Å². The second-order valence-electron chi connectivity index (χ2n) is 6.29. The Bertz CT molecular complexity index is 846. The van der Waals surface area contributed by atoms with Crippen LogP contribution in [-0.4, -0.2) is 41.1 Å². The highest BCUT2D eigenvalue weighted by Crippen LogP contribution is 2.42. The number of amidine groups is 1. The lowest BCUT2D eigenvalue weighted by Gasteiger charge is -2.43. The summed E-state index contributed by atoms with van der Waals surface area (Å²) in [5, 5.41) is 9.26. The van der Waals surface area contributed by atoms with Gasteiger partial charge >= 0.3 is 12.1 Å². The van der Waals surface area contributed by atoms with Crippen molar-refractivity contribution in [3.63, 3.8) is 0 Å². The average molecular weight is 401 g/mol. The summed E-state index contributed by atoms with van der Waals surface area (Å²) in [6.45, 7) is 1.64. The van der Waals surface area contributed by atoms with E-state index in [1.165, 1.54) is 12.0 Å². The highest BCUT2D eigenvalue weighted by Gasteiger charge is 2.45. The van der Waals surface area contributed by atoms with Crippen LogP contribution in [0.5, 0.6) is 5.75 Å². The molecule has 3 atom stereocenters. The maximum absolute atomic E-state index is 13.3. The Balaban J connectivity index is 2.14. The van der Waals surface area contributed by atoms with E-state index < -0.39 is 35.7 Å². The van der Waals surface area contributed by atoms with Gasteiger partial charge in [0.15, 0.2) is 6.04 Å². The van der Waals surface area contributed by atoms with Gasteiger partial charge in [-0.2, -0.15) is 13.2 Å². The first-order chi connectivity index (χ1) is 12.6. The van der Waals surface area contributed by atoms with Crippen LogP contribution in [-0.2, 0) is 4.79 Å². The molecular weight excluding hydrogens is 385 g/mol. The molecule has 0 bridgehead atoms. The zero-order valence-electron chi connectivity index (χ0n) is 14.4. The SMILES string of the molecule is COc1ccc(C2C(C)C(C(=O)O)N=C3C(Cl)=CC(C(F)(F)F)=CN32)cc1. The van der Waals surface area contributed by atoms with Gasteiger partial charge in [0, 0.05) is 12.1 Å². The minimum Gasteiger partial charge on any atom is -0.497 e. The van der Waals surface area contributed by atoms with Crippen LogP contribution >= 0.6 is 11.6 Å². The Kier molecular flexibility index (Phi) is 4.94. The van der Waals surface area contributed by atoms with E-state index in [-0.39, 0.29) is 10.9 Å². The van der Waals surface area contributed by atoms with Gasteiger partial charge in [-0.25, -0.2) is 4.79 Å². The maximum Gasteiger partial charge on any atom is 0.417 e. The van der Waals surface area contributed by atoms with Crippen LogP contribution < -0.4 is 4.74 Å². The van der Waals surface area contributed by atoms with E-state index in [9.17, 15) is 23.1 Å². The third-order valence-corrected chi connectivity index (χ3v) is 4.89. The molecule has 1 N–H and O–H groups in total. The van der Waals surface area contributed by atoms with Crippen molar-refractivity contribution in [2.45, 2.75) is 25.2 Å². The number of hydrogen-bond acceptors (Lipinski definition) is 4. The summed E-state index contributed by atoms with van der Waals surface area (Å²) in [4.78, 5) is 17.0. The lowest BCUT2D eigenvalue weighted by atomic mass is 9.85. The summed E-state index contributed by atoms with van der Waals surface area (Å²) < 4.78 is 44.9. The molecular formula is C18H16ClF3N2O3. The molecule has 0 radical (unpaired) electrons. The zero-order chi connectivity index (χ0) is 19.9. The van der Waals surface area contributed by atoms with Crippen molar-refractivity contribution < 1.29 is 27.8 Å². The Morgan fingerprint density at radius 2 is 1.93 bits per heavy atom. The number of carboxylic acids is 1. The minimum absolute atomic E-state index is 0.0102. The van der Waals surface area contributed by atoms with Gasteiger partial charge < -0.3 is 14.7 Å². The van der Waals surface area contributed by atoms with Crippen molar-refractivity contribution in [2.24, 2.45) is 10.9 Å². The normalized spacial score (nSPS) is 25.2. The largest absolute Gasteiger partial charge is 0.497 e. The number of carbonyl (C=O) groups is 1. The van der Waals surface area contributed by atoms with Gasteiger partial charge in [-0.3, -0.25) is 4.99 Å². The minimum atomic E-state index is -4.59. The molecule has 0 saturated heterocycles. The van der Waals surface area contributed by atoms with Crippen LogP contribution in [0.2, 0.25) is 0 Å². The number of ether oxygens (including phenoxy) is 1. The van der Waals surface area contributed by atoms with Crippen molar-refractivity contribution >= 4 is 23.4 Å². The fourth-order valence-electron chi connectivity index (χ4n) is 3.29. The molecule has 9 heteroatoms. The van der Waals surface area contributed by atoms with Crippen molar-refractivity contribution in [1.29, 1.82) is 0 Å². The van der Waals surface area contributed by atoms with Crippen LogP contribution in [0.25, 0.3) is 0 Å². The summed E-state index contributed by atoms with van der Waals surface area (Å²) in [6.07, 6.45) is -2.91.